The van der Waals surface area contributed by atoms with Crippen molar-refractivity contribution in [3.05, 3.63) is 59.3 Å². The number of aromatic nitrogens is 3. The standard InChI is InChI=1S/C17H13N3O2/c1-20-8-14(15-16(20)18-9-19-17(15)22)11-3-2-10-4-5-13(21)7-12(10)6-11/h2-9,21H,1H3,(H,18,19,22). The largest absolute Gasteiger partial charge is 0.508 e. The van der Waals surface area contributed by atoms with E-state index in [1.165, 1.54) is 6.33 Å². The summed E-state index contributed by atoms with van der Waals surface area (Å²) >= 11 is 0. The lowest BCUT2D eigenvalue weighted by Crippen LogP contribution is -2.06. The van der Waals surface area contributed by atoms with Gasteiger partial charge in [0.25, 0.3) is 5.56 Å². The first-order valence-electron chi connectivity index (χ1n) is 6.89. The number of H-pyrrole nitrogens is 1. The highest BCUT2D eigenvalue weighted by Crippen LogP contribution is 2.30. The van der Waals surface area contributed by atoms with Gasteiger partial charge >= 0.3 is 0 Å². The van der Waals surface area contributed by atoms with E-state index in [9.17, 15) is 9.90 Å². The van der Waals surface area contributed by atoms with Crippen LogP contribution in [0.15, 0.2) is 53.7 Å². The number of nitrogens with one attached hydrogen (secondary N) is 1. The van der Waals surface area contributed by atoms with E-state index in [1.807, 2.05) is 42.1 Å². The number of nitrogens with zero attached hydrogens (tertiary/aromatic N) is 2. The number of phenols is 1. The molecule has 0 saturated carbocycles. The Balaban J connectivity index is 2.05. The number of phenolic OH excluding ortho intramolecular Hbond substituents is 1. The van der Waals surface area contributed by atoms with Crippen LogP contribution in [-0.4, -0.2) is 19.6 Å². The number of hydrogen-bond acceptors (Lipinski definition) is 3. The zero-order valence-electron chi connectivity index (χ0n) is 11.9. The SMILES string of the molecule is Cn1cc(-c2ccc3ccc(O)cc3c2)c2c(=O)[nH]cnc21. The zero-order chi connectivity index (χ0) is 15.3. The molecule has 5 heteroatoms. The average Bonchev–Trinajstić information content (AvgIpc) is 2.85. The van der Waals surface area contributed by atoms with Gasteiger partial charge in [-0.05, 0) is 34.5 Å². The van der Waals surface area contributed by atoms with Crippen molar-refractivity contribution in [1.82, 2.24) is 14.5 Å². The van der Waals surface area contributed by atoms with E-state index < -0.39 is 0 Å². The molecule has 0 unspecified atom stereocenters. The van der Waals surface area contributed by atoms with Gasteiger partial charge in [0.2, 0.25) is 0 Å². The third-order valence-electron chi connectivity index (χ3n) is 3.89. The molecule has 0 radical (unpaired) electrons. The number of fused-ring (bicyclic) bond motifs is 2. The van der Waals surface area contributed by atoms with Crippen LogP contribution in [0.5, 0.6) is 5.75 Å². The summed E-state index contributed by atoms with van der Waals surface area (Å²) in [6.45, 7) is 0. The van der Waals surface area contributed by atoms with E-state index in [0.29, 0.717) is 11.0 Å². The summed E-state index contributed by atoms with van der Waals surface area (Å²) < 4.78 is 1.84. The van der Waals surface area contributed by atoms with Gasteiger partial charge in [0.05, 0.1) is 11.7 Å². The Labute approximate surface area is 125 Å². The quantitative estimate of drug-likeness (QED) is 0.566. The molecule has 0 aliphatic heterocycles. The number of aryl methyl sites for hydroxylation is 1. The van der Waals surface area contributed by atoms with Crippen molar-refractivity contribution in [3.63, 3.8) is 0 Å². The van der Waals surface area contributed by atoms with Gasteiger partial charge in [-0.25, -0.2) is 4.98 Å². The van der Waals surface area contributed by atoms with Crippen LogP contribution in [0.2, 0.25) is 0 Å². The smallest absolute Gasteiger partial charge is 0.260 e. The first-order valence-corrected chi connectivity index (χ1v) is 6.89. The van der Waals surface area contributed by atoms with E-state index in [-0.39, 0.29) is 11.3 Å². The second-order valence-electron chi connectivity index (χ2n) is 5.33. The second kappa shape index (κ2) is 4.46. The lowest BCUT2D eigenvalue weighted by Gasteiger charge is -2.03. The molecule has 22 heavy (non-hydrogen) atoms. The van der Waals surface area contributed by atoms with Gasteiger partial charge in [0.15, 0.2) is 0 Å². The van der Waals surface area contributed by atoms with E-state index >= 15 is 0 Å². The fraction of sp³-hybridized carbons (Fsp3) is 0.0588. The summed E-state index contributed by atoms with van der Waals surface area (Å²) in [5.74, 6) is 0.224. The molecule has 108 valence electrons. The maximum atomic E-state index is 12.2. The minimum absolute atomic E-state index is 0.156. The van der Waals surface area contributed by atoms with Crippen molar-refractivity contribution in [1.29, 1.82) is 0 Å². The van der Waals surface area contributed by atoms with Crippen molar-refractivity contribution in [3.8, 4) is 16.9 Å². The molecule has 0 fully saturated rings. The Kier molecular flexibility index (Phi) is 2.56. The lowest BCUT2D eigenvalue weighted by molar-refractivity contribution is 0.476. The third-order valence-corrected chi connectivity index (χ3v) is 3.89. The molecular formula is C17H13N3O2. The van der Waals surface area contributed by atoms with Crippen molar-refractivity contribution >= 4 is 21.8 Å². The van der Waals surface area contributed by atoms with Crippen LogP contribution in [0.3, 0.4) is 0 Å². The predicted molar refractivity (Wildman–Crippen MR) is 85.9 cm³/mol. The molecule has 2 aromatic heterocycles. The number of hydrogen-bond donors (Lipinski definition) is 2. The van der Waals surface area contributed by atoms with E-state index in [4.69, 9.17) is 0 Å². The minimum atomic E-state index is -0.156. The van der Waals surface area contributed by atoms with Crippen LogP contribution in [0.4, 0.5) is 0 Å². The first kappa shape index (κ1) is 12.6. The molecule has 2 N–H and O–H groups in total. The fourth-order valence-electron chi connectivity index (χ4n) is 2.84. The van der Waals surface area contributed by atoms with E-state index in [1.54, 1.807) is 12.1 Å². The molecule has 5 nitrogen and oxygen atoms in total. The van der Waals surface area contributed by atoms with Gasteiger partial charge in [-0.2, -0.15) is 0 Å². The first-order chi connectivity index (χ1) is 10.6. The molecule has 2 aromatic carbocycles. The average molecular weight is 291 g/mol. The molecule has 4 aromatic rings. The Morgan fingerprint density at radius 3 is 2.82 bits per heavy atom. The second-order valence-corrected chi connectivity index (χ2v) is 5.33. The maximum Gasteiger partial charge on any atom is 0.260 e. The molecule has 0 saturated heterocycles. The fourth-order valence-corrected chi connectivity index (χ4v) is 2.84. The highest BCUT2D eigenvalue weighted by Gasteiger charge is 2.13. The molecule has 2 heterocycles. The third kappa shape index (κ3) is 1.79. The number of rotatable bonds is 1. The van der Waals surface area contributed by atoms with Crippen molar-refractivity contribution < 1.29 is 5.11 Å². The zero-order valence-corrected chi connectivity index (χ0v) is 11.9. The van der Waals surface area contributed by atoms with Crippen LogP contribution >= 0.6 is 0 Å². The van der Waals surface area contributed by atoms with Crippen molar-refractivity contribution in [2.45, 2.75) is 0 Å². The highest BCUT2D eigenvalue weighted by molar-refractivity contribution is 5.97. The Morgan fingerprint density at radius 2 is 1.95 bits per heavy atom. The number of benzene rings is 2. The monoisotopic (exact) mass is 291 g/mol. The van der Waals surface area contributed by atoms with Crippen LogP contribution in [0.1, 0.15) is 0 Å². The van der Waals surface area contributed by atoms with E-state index in [0.717, 1.165) is 21.9 Å². The van der Waals surface area contributed by atoms with Crippen LogP contribution < -0.4 is 5.56 Å². The molecule has 0 bridgehead atoms. The molecule has 0 spiro atoms. The molecule has 0 aliphatic rings. The summed E-state index contributed by atoms with van der Waals surface area (Å²) in [4.78, 5) is 19.0. The van der Waals surface area contributed by atoms with Crippen molar-refractivity contribution in [2.75, 3.05) is 0 Å². The maximum absolute atomic E-state index is 12.2. The normalized spacial score (nSPS) is 11.3. The molecular weight excluding hydrogens is 278 g/mol. The summed E-state index contributed by atoms with van der Waals surface area (Å²) in [5, 5.41) is 12.2. The van der Waals surface area contributed by atoms with Crippen LogP contribution in [-0.2, 0) is 7.05 Å². The molecule has 4 rings (SSSR count). The van der Waals surface area contributed by atoms with E-state index in [2.05, 4.69) is 9.97 Å². The topological polar surface area (TPSA) is 70.9 Å². The Bertz CT molecular complexity index is 1080. The van der Waals surface area contributed by atoms with Crippen LogP contribution in [0.25, 0.3) is 32.9 Å². The number of aromatic amines is 1. The van der Waals surface area contributed by atoms with Gasteiger partial charge in [-0.1, -0.05) is 18.2 Å². The van der Waals surface area contributed by atoms with Gasteiger partial charge < -0.3 is 14.7 Å². The van der Waals surface area contributed by atoms with Gasteiger partial charge in [-0.3, -0.25) is 4.79 Å². The Morgan fingerprint density at radius 1 is 1.14 bits per heavy atom. The van der Waals surface area contributed by atoms with Gasteiger partial charge in [0.1, 0.15) is 11.4 Å². The molecule has 0 amide bonds. The van der Waals surface area contributed by atoms with Crippen molar-refractivity contribution in [2.24, 2.45) is 7.05 Å². The molecule has 0 atom stereocenters. The predicted octanol–water partition coefficient (Wildman–Crippen LogP) is 2.79. The summed E-state index contributed by atoms with van der Waals surface area (Å²) in [6.07, 6.45) is 3.31. The number of aromatic hydroxyl groups is 1. The van der Waals surface area contributed by atoms with Gasteiger partial charge in [0, 0.05) is 18.8 Å². The van der Waals surface area contributed by atoms with Crippen LogP contribution in [0, 0.1) is 0 Å². The van der Waals surface area contributed by atoms with Gasteiger partial charge in [-0.15, -0.1) is 0 Å². The summed E-state index contributed by atoms with van der Waals surface area (Å²) in [6, 6.07) is 11.2. The minimum Gasteiger partial charge on any atom is -0.508 e. The Hall–Kier alpha value is -3.08. The summed E-state index contributed by atoms with van der Waals surface area (Å²) in [7, 11) is 1.87. The lowest BCUT2D eigenvalue weighted by atomic mass is 10.0. The highest BCUT2D eigenvalue weighted by atomic mass is 16.3. The molecule has 0 aliphatic carbocycles. The summed E-state index contributed by atoms with van der Waals surface area (Å²) in [5.41, 5.74) is 2.24.